The SMILES string of the molecule is Cc1cc(C)nc(N2CC3CC(C2)N3CC2CC(F)(F)C2)n1. The average Bonchev–Trinajstić information content (AvgIpc) is 2.41. The Kier molecular flexibility index (Phi) is 3.15. The number of fused-ring (bicyclic) bond motifs is 2. The first kappa shape index (κ1) is 14.3. The Morgan fingerprint density at radius 1 is 1.14 bits per heavy atom. The first-order chi connectivity index (χ1) is 10.4. The topological polar surface area (TPSA) is 32.3 Å². The lowest BCUT2D eigenvalue weighted by Gasteiger charge is -2.58. The molecule has 1 aromatic rings. The lowest BCUT2D eigenvalue weighted by atomic mass is 9.78. The Bertz CT molecular complexity index is 551. The number of aryl methyl sites for hydroxylation is 2. The molecule has 0 N–H and O–H groups in total. The van der Waals surface area contributed by atoms with Crippen LogP contribution in [-0.4, -0.2) is 52.5 Å². The van der Waals surface area contributed by atoms with E-state index in [1.807, 2.05) is 19.9 Å². The second-order valence-electron chi connectivity index (χ2n) is 7.23. The Morgan fingerprint density at radius 2 is 1.73 bits per heavy atom. The molecule has 1 aromatic heterocycles. The number of hydrogen-bond donors (Lipinski definition) is 0. The van der Waals surface area contributed by atoms with Crippen molar-refractivity contribution in [3.8, 4) is 0 Å². The Labute approximate surface area is 129 Å². The van der Waals surface area contributed by atoms with Gasteiger partial charge in [-0.05, 0) is 32.3 Å². The lowest BCUT2D eigenvalue weighted by Crippen LogP contribution is -2.70. The van der Waals surface area contributed by atoms with Crippen LogP contribution in [0.3, 0.4) is 0 Å². The third-order valence-corrected chi connectivity index (χ3v) is 5.24. The van der Waals surface area contributed by atoms with Crippen LogP contribution in [0.1, 0.15) is 30.7 Å². The number of halogens is 2. The number of piperidine rings is 1. The number of nitrogens with zero attached hydrogens (tertiary/aromatic N) is 4. The van der Waals surface area contributed by atoms with Gasteiger partial charge >= 0.3 is 0 Å². The van der Waals surface area contributed by atoms with Crippen LogP contribution in [0.2, 0.25) is 0 Å². The summed E-state index contributed by atoms with van der Waals surface area (Å²) in [7, 11) is 0. The van der Waals surface area contributed by atoms with E-state index in [1.165, 1.54) is 6.42 Å². The number of hydrogen-bond acceptors (Lipinski definition) is 4. The van der Waals surface area contributed by atoms with E-state index in [-0.39, 0.29) is 18.8 Å². The third kappa shape index (κ3) is 2.47. The van der Waals surface area contributed by atoms with Gasteiger partial charge in [0, 0.05) is 55.9 Å². The Morgan fingerprint density at radius 3 is 2.27 bits per heavy atom. The summed E-state index contributed by atoms with van der Waals surface area (Å²) >= 11 is 0. The van der Waals surface area contributed by atoms with Gasteiger partial charge in [-0.3, -0.25) is 4.90 Å². The minimum absolute atomic E-state index is 0.0762. The fourth-order valence-corrected chi connectivity index (χ4v) is 4.21. The molecule has 4 nitrogen and oxygen atoms in total. The second-order valence-corrected chi connectivity index (χ2v) is 7.23. The smallest absolute Gasteiger partial charge is 0.248 e. The van der Waals surface area contributed by atoms with Crippen molar-refractivity contribution in [2.45, 2.75) is 51.1 Å². The van der Waals surface area contributed by atoms with Crippen LogP contribution < -0.4 is 4.90 Å². The van der Waals surface area contributed by atoms with Gasteiger partial charge in [0.05, 0.1) is 0 Å². The average molecular weight is 308 g/mol. The fraction of sp³-hybridized carbons (Fsp3) is 0.750. The minimum atomic E-state index is -2.40. The van der Waals surface area contributed by atoms with Crippen molar-refractivity contribution in [1.29, 1.82) is 0 Å². The second kappa shape index (κ2) is 4.85. The van der Waals surface area contributed by atoms with Crippen LogP contribution >= 0.6 is 0 Å². The number of piperazine rings is 1. The van der Waals surface area contributed by atoms with E-state index in [9.17, 15) is 8.78 Å². The van der Waals surface area contributed by atoms with E-state index >= 15 is 0 Å². The van der Waals surface area contributed by atoms with Crippen molar-refractivity contribution in [2.75, 3.05) is 24.5 Å². The van der Waals surface area contributed by atoms with E-state index in [4.69, 9.17) is 0 Å². The molecule has 4 aliphatic rings. The Balaban J connectivity index is 1.38. The largest absolute Gasteiger partial charge is 0.338 e. The van der Waals surface area contributed by atoms with Crippen molar-refractivity contribution in [3.05, 3.63) is 17.5 Å². The summed E-state index contributed by atoms with van der Waals surface area (Å²) in [5, 5.41) is 0. The molecule has 2 atom stereocenters. The van der Waals surface area contributed by atoms with Crippen molar-refractivity contribution in [1.82, 2.24) is 14.9 Å². The number of aromatic nitrogens is 2. The summed E-state index contributed by atoms with van der Waals surface area (Å²) in [5.74, 6) is -1.39. The third-order valence-electron chi connectivity index (χ3n) is 5.24. The molecule has 0 spiro atoms. The highest BCUT2D eigenvalue weighted by Crippen LogP contribution is 2.45. The van der Waals surface area contributed by atoms with Gasteiger partial charge in [-0.2, -0.15) is 0 Å². The molecule has 6 heteroatoms. The monoisotopic (exact) mass is 308 g/mol. The molecule has 0 radical (unpaired) electrons. The van der Waals surface area contributed by atoms with Gasteiger partial charge in [-0.15, -0.1) is 0 Å². The van der Waals surface area contributed by atoms with Crippen LogP contribution in [-0.2, 0) is 0 Å². The molecule has 22 heavy (non-hydrogen) atoms. The number of anilines is 1. The van der Waals surface area contributed by atoms with Crippen LogP contribution in [0, 0.1) is 19.8 Å². The van der Waals surface area contributed by atoms with E-state index in [2.05, 4.69) is 19.8 Å². The lowest BCUT2D eigenvalue weighted by molar-refractivity contribution is -0.132. The molecule has 5 rings (SSSR count). The highest BCUT2D eigenvalue weighted by molar-refractivity contribution is 5.36. The maximum absolute atomic E-state index is 13.0. The van der Waals surface area contributed by atoms with Crippen molar-refractivity contribution in [3.63, 3.8) is 0 Å². The predicted octanol–water partition coefficient (Wildman–Crippen LogP) is 2.40. The first-order valence-electron chi connectivity index (χ1n) is 8.10. The molecule has 2 bridgehead atoms. The van der Waals surface area contributed by atoms with Gasteiger partial charge in [0.15, 0.2) is 0 Å². The molecule has 3 saturated heterocycles. The normalized spacial score (nSPS) is 30.8. The highest BCUT2D eigenvalue weighted by Gasteiger charge is 2.50. The van der Waals surface area contributed by atoms with Crippen LogP contribution in [0.25, 0.3) is 0 Å². The molecule has 2 unspecified atom stereocenters. The summed E-state index contributed by atoms with van der Waals surface area (Å²) in [4.78, 5) is 13.8. The Hall–Kier alpha value is -1.30. The zero-order valence-electron chi connectivity index (χ0n) is 13.1. The van der Waals surface area contributed by atoms with Crippen LogP contribution in [0.5, 0.6) is 0 Å². The quantitative estimate of drug-likeness (QED) is 0.858. The van der Waals surface area contributed by atoms with Crippen LogP contribution in [0.4, 0.5) is 14.7 Å². The van der Waals surface area contributed by atoms with E-state index in [0.29, 0.717) is 12.1 Å². The standard InChI is InChI=1S/C16H22F2N4/c1-10-3-11(2)20-15(19-10)21-8-13-4-14(9-21)22(13)7-12-5-16(17,18)6-12/h3,12-14H,4-9H2,1-2H3. The van der Waals surface area contributed by atoms with Crippen molar-refractivity contribution >= 4 is 5.95 Å². The molecule has 1 aliphatic carbocycles. The molecule has 0 amide bonds. The van der Waals surface area contributed by atoms with E-state index < -0.39 is 5.92 Å². The molecule has 4 fully saturated rings. The van der Waals surface area contributed by atoms with Gasteiger partial charge in [-0.1, -0.05) is 0 Å². The fourth-order valence-electron chi connectivity index (χ4n) is 4.21. The molecule has 3 aliphatic heterocycles. The summed E-state index contributed by atoms with van der Waals surface area (Å²) in [6.45, 7) is 6.66. The minimum Gasteiger partial charge on any atom is -0.338 e. The first-order valence-corrected chi connectivity index (χ1v) is 8.10. The van der Waals surface area contributed by atoms with Gasteiger partial charge in [0.1, 0.15) is 0 Å². The summed E-state index contributed by atoms with van der Waals surface area (Å²) < 4.78 is 25.9. The molecular weight excluding hydrogens is 286 g/mol. The maximum Gasteiger partial charge on any atom is 0.248 e. The van der Waals surface area contributed by atoms with Gasteiger partial charge in [0.2, 0.25) is 11.9 Å². The van der Waals surface area contributed by atoms with Gasteiger partial charge in [0.25, 0.3) is 0 Å². The number of alkyl halides is 2. The number of rotatable bonds is 3. The summed E-state index contributed by atoms with van der Waals surface area (Å²) in [6.07, 6.45) is 1.34. The zero-order chi connectivity index (χ0) is 15.5. The highest BCUT2D eigenvalue weighted by atomic mass is 19.3. The molecule has 0 aromatic carbocycles. The van der Waals surface area contributed by atoms with Gasteiger partial charge in [-0.25, -0.2) is 18.7 Å². The van der Waals surface area contributed by atoms with E-state index in [0.717, 1.165) is 37.0 Å². The maximum atomic E-state index is 13.0. The molecule has 120 valence electrons. The summed E-state index contributed by atoms with van der Waals surface area (Å²) in [6, 6.07) is 2.95. The molecule has 1 saturated carbocycles. The van der Waals surface area contributed by atoms with Crippen molar-refractivity contribution in [2.24, 2.45) is 5.92 Å². The van der Waals surface area contributed by atoms with Crippen LogP contribution in [0.15, 0.2) is 6.07 Å². The zero-order valence-corrected chi connectivity index (χ0v) is 13.1. The van der Waals surface area contributed by atoms with E-state index in [1.54, 1.807) is 0 Å². The van der Waals surface area contributed by atoms with Gasteiger partial charge < -0.3 is 4.90 Å². The molecular formula is C16H22F2N4. The summed E-state index contributed by atoms with van der Waals surface area (Å²) in [5.41, 5.74) is 1.99. The van der Waals surface area contributed by atoms with Crippen molar-refractivity contribution < 1.29 is 8.78 Å². The molecule has 4 heterocycles. The predicted molar refractivity (Wildman–Crippen MR) is 80.3 cm³/mol.